The maximum atomic E-state index is 12.3. The van der Waals surface area contributed by atoms with Crippen LogP contribution in [-0.4, -0.2) is 30.5 Å². The van der Waals surface area contributed by atoms with Gasteiger partial charge in [-0.1, -0.05) is 19.1 Å². The third kappa shape index (κ3) is 3.18. The minimum Gasteiger partial charge on any atom is -0.469 e. The monoisotopic (exact) mass is 364 g/mol. The zero-order chi connectivity index (χ0) is 19.0. The summed E-state index contributed by atoms with van der Waals surface area (Å²) in [5, 5.41) is 0. The van der Waals surface area contributed by atoms with Crippen molar-refractivity contribution in [3.8, 4) is 11.5 Å². The molecule has 1 aromatic heterocycles. The fourth-order valence-corrected chi connectivity index (χ4v) is 3.37. The molecule has 0 N–H and O–H groups in total. The van der Waals surface area contributed by atoms with Crippen molar-refractivity contribution in [2.24, 2.45) is 5.92 Å². The predicted octanol–water partition coefficient (Wildman–Crippen LogP) is 3.58. The van der Waals surface area contributed by atoms with E-state index in [-0.39, 0.29) is 18.3 Å². The van der Waals surface area contributed by atoms with Crippen LogP contribution in [0.3, 0.4) is 0 Å². The number of carbonyl (C=O) groups excluding carboxylic acids is 2. The van der Waals surface area contributed by atoms with E-state index in [2.05, 4.69) is 24.0 Å². The lowest BCUT2D eigenvalue weighted by molar-refractivity contribution is -0.145. The van der Waals surface area contributed by atoms with Crippen LogP contribution in [0.25, 0.3) is 22.6 Å². The lowest BCUT2D eigenvalue weighted by atomic mass is 10.1. The second kappa shape index (κ2) is 6.87. The average molecular weight is 364 g/mol. The molecule has 0 saturated carbocycles. The number of esters is 1. The summed E-state index contributed by atoms with van der Waals surface area (Å²) in [6, 6.07) is 13.6. The standard InChI is InChI=1S/C21H20N2O4/c1-3-13-4-6-14(7-5-13)20-22-17-11-16(8-9-18(17)27-20)23-12-15(10-19(23)24)21(25)26-2/h4-9,11,15H,3,10,12H2,1-2H3/t15-/m0/s1. The largest absolute Gasteiger partial charge is 0.469 e. The van der Waals surface area contributed by atoms with E-state index in [1.807, 2.05) is 24.3 Å². The first-order valence-corrected chi connectivity index (χ1v) is 8.97. The molecule has 1 fully saturated rings. The third-order valence-electron chi connectivity index (χ3n) is 4.95. The van der Waals surface area contributed by atoms with Gasteiger partial charge in [-0.15, -0.1) is 0 Å². The lowest BCUT2D eigenvalue weighted by Crippen LogP contribution is -2.26. The SMILES string of the molecule is CCc1ccc(-c2nc3cc(N4C[C@@H](C(=O)OC)CC4=O)ccc3o2)cc1. The molecule has 4 rings (SSSR count). The zero-order valence-electron chi connectivity index (χ0n) is 15.3. The van der Waals surface area contributed by atoms with Gasteiger partial charge in [0.1, 0.15) is 5.52 Å². The van der Waals surface area contributed by atoms with E-state index in [9.17, 15) is 9.59 Å². The van der Waals surface area contributed by atoms with Gasteiger partial charge in [-0.05, 0) is 42.3 Å². The first-order valence-electron chi connectivity index (χ1n) is 8.97. The Balaban J connectivity index is 1.63. The summed E-state index contributed by atoms with van der Waals surface area (Å²) in [5.41, 5.74) is 4.21. The third-order valence-corrected chi connectivity index (χ3v) is 4.95. The Bertz CT molecular complexity index is 1010. The Hall–Kier alpha value is -3.15. The van der Waals surface area contributed by atoms with Crippen molar-refractivity contribution in [2.45, 2.75) is 19.8 Å². The number of hydrogen-bond donors (Lipinski definition) is 0. The van der Waals surface area contributed by atoms with Gasteiger partial charge < -0.3 is 14.1 Å². The highest BCUT2D eigenvalue weighted by Crippen LogP contribution is 2.31. The summed E-state index contributed by atoms with van der Waals surface area (Å²) >= 11 is 0. The molecule has 6 heteroatoms. The Morgan fingerprint density at radius 3 is 2.74 bits per heavy atom. The fraction of sp³-hybridized carbons (Fsp3) is 0.286. The van der Waals surface area contributed by atoms with Crippen LogP contribution in [0.2, 0.25) is 0 Å². The molecule has 1 amide bonds. The van der Waals surface area contributed by atoms with Crippen LogP contribution >= 0.6 is 0 Å². The van der Waals surface area contributed by atoms with Gasteiger partial charge in [-0.25, -0.2) is 4.98 Å². The van der Waals surface area contributed by atoms with Crippen LogP contribution in [0.1, 0.15) is 18.9 Å². The van der Waals surface area contributed by atoms with Crippen LogP contribution in [-0.2, 0) is 20.7 Å². The minimum atomic E-state index is -0.428. The highest BCUT2D eigenvalue weighted by molar-refractivity contribution is 6.00. The molecule has 3 aromatic rings. The topological polar surface area (TPSA) is 72.6 Å². The predicted molar refractivity (Wildman–Crippen MR) is 101 cm³/mol. The molecule has 0 aliphatic carbocycles. The molecule has 1 aliphatic rings. The number of rotatable bonds is 4. The Morgan fingerprint density at radius 1 is 1.26 bits per heavy atom. The number of benzene rings is 2. The van der Waals surface area contributed by atoms with Gasteiger partial charge in [0.2, 0.25) is 11.8 Å². The Kier molecular flexibility index (Phi) is 4.39. The summed E-state index contributed by atoms with van der Waals surface area (Å²) in [5.74, 6) is -0.331. The van der Waals surface area contributed by atoms with Crippen LogP contribution in [0.5, 0.6) is 0 Å². The number of ether oxygens (including phenoxy) is 1. The Morgan fingerprint density at radius 2 is 2.04 bits per heavy atom. The first-order chi connectivity index (χ1) is 13.1. The number of oxazole rings is 1. The highest BCUT2D eigenvalue weighted by Gasteiger charge is 2.36. The van der Waals surface area contributed by atoms with E-state index >= 15 is 0 Å². The molecule has 1 aliphatic heterocycles. The molecule has 1 atom stereocenters. The van der Waals surface area contributed by atoms with Crippen molar-refractivity contribution in [3.63, 3.8) is 0 Å². The second-order valence-electron chi connectivity index (χ2n) is 6.65. The number of methoxy groups -OCH3 is 1. The summed E-state index contributed by atoms with van der Waals surface area (Å²) in [6.45, 7) is 2.43. The number of aryl methyl sites for hydroxylation is 1. The number of carbonyl (C=O) groups is 2. The zero-order valence-corrected chi connectivity index (χ0v) is 15.3. The number of nitrogens with zero attached hydrogens (tertiary/aromatic N) is 2. The fourth-order valence-electron chi connectivity index (χ4n) is 3.37. The van der Waals surface area contributed by atoms with Crippen molar-refractivity contribution >= 4 is 28.7 Å². The molecule has 2 aromatic carbocycles. The summed E-state index contributed by atoms with van der Waals surface area (Å²) in [4.78, 5) is 30.2. The van der Waals surface area contributed by atoms with E-state index in [1.54, 1.807) is 11.0 Å². The van der Waals surface area contributed by atoms with Gasteiger partial charge >= 0.3 is 5.97 Å². The van der Waals surface area contributed by atoms with Crippen molar-refractivity contribution in [1.82, 2.24) is 4.98 Å². The van der Waals surface area contributed by atoms with E-state index in [1.165, 1.54) is 12.7 Å². The average Bonchev–Trinajstić information content (AvgIpc) is 3.30. The van der Waals surface area contributed by atoms with Gasteiger partial charge in [0, 0.05) is 24.2 Å². The van der Waals surface area contributed by atoms with Crippen molar-refractivity contribution < 1.29 is 18.7 Å². The lowest BCUT2D eigenvalue weighted by Gasteiger charge is -2.16. The molecule has 2 heterocycles. The normalized spacial score (nSPS) is 16.9. The van der Waals surface area contributed by atoms with Gasteiger partial charge in [-0.2, -0.15) is 0 Å². The van der Waals surface area contributed by atoms with Crippen LogP contribution in [0.4, 0.5) is 5.69 Å². The molecule has 0 bridgehead atoms. The molecular weight excluding hydrogens is 344 g/mol. The van der Waals surface area contributed by atoms with E-state index in [0.29, 0.717) is 29.2 Å². The molecule has 0 unspecified atom stereocenters. The second-order valence-corrected chi connectivity index (χ2v) is 6.65. The first kappa shape index (κ1) is 17.3. The maximum Gasteiger partial charge on any atom is 0.311 e. The highest BCUT2D eigenvalue weighted by atomic mass is 16.5. The van der Waals surface area contributed by atoms with Gasteiger partial charge in [0.05, 0.1) is 13.0 Å². The van der Waals surface area contributed by atoms with E-state index in [0.717, 1.165) is 12.0 Å². The van der Waals surface area contributed by atoms with E-state index in [4.69, 9.17) is 9.15 Å². The van der Waals surface area contributed by atoms with Crippen LogP contribution < -0.4 is 4.90 Å². The molecule has 138 valence electrons. The molecule has 27 heavy (non-hydrogen) atoms. The number of aromatic nitrogens is 1. The summed E-state index contributed by atoms with van der Waals surface area (Å²) in [6.07, 6.45) is 1.15. The van der Waals surface area contributed by atoms with Gasteiger partial charge in [-0.3, -0.25) is 9.59 Å². The summed E-state index contributed by atoms with van der Waals surface area (Å²) < 4.78 is 10.6. The molecule has 6 nitrogen and oxygen atoms in total. The number of fused-ring (bicyclic) bond motifs is 1. The molecule has 0 spiro atoms. The van der Waals surface area contributed by atoms with Crippen molar-refractivity contribution in [1.29, 1.82) is 0 Å². The quantitative estimate of drug-likeness (QED) is 0.662. The smallest absolute Gasteiger partial charge is 0.311 e. The number of anilines is 1. The van der Waals surface area contributed by atoms with E-state index < -0.39 is 5.92 Å². The van der Waals surface area contributed by atoms with Crippen LogP contribution in [0.15, 0.2) is 46.9 Å². The van der Waals surface area contributed by atoms with Crippen molar-refractivity contribution in [2.75, 3.05) is 18.6 Å². The Labute approximate surface area is 156 Å². The molecule has 1 saturated heterocycles. The van der Waals surface area contributed by atoms with Crippen molar-refractivity contribution in [3.05, 3.63) is 48.0 Å². The molecule has 0 radical (unpaired) electrons. The van der Waals surface area contributed by atoms with Gasteiger partial charge in [0.15, 0.2) is 5.58 Å². The number of amides is 1. The minimum absolute atomic E-state index is 0.0939. The van der Waals surface area contributed by atoms with Gasteiger partial charge in [0.25, 0.3) is 0 Å². The molecular formula is C21H20N2O4. The summed E-state index contributed by atoms with van der Waals surface area (Å²) in [7, 11) is 1.34. The van der Waals surface area contributed by atoms with Crippen LogP contribution in [0, 0.1) is 5.92 Å². The number of hydrogen-bond acceptors (Lipinski definition) is 5. The maximum absolute atomic E-state index is 12.3.